The molecule has 0 spiro atoms. The van der Waals surface area contributed by atoms with E-state index in [-0.39, 0.29) is 11.9 Å². The normalized spacial score (nSPS) is 13.0. The summed E-state index contributed by atoms with van der Waals surface area (Å²) in [7, 11) is 1.87. The Kier molecular flexibility index (Phi) is 3.67. The zero-order valence-electron chi connectivity index (χ0n) is 11.0. The highest BCUT2D eigenvalue weighted by Gasteiger charge is 2.20. The van der Waals surface area contributed by atoms with Gasteiger partial charge in [-0.3, -0.25) is 0 Å². The summed E-state index contributed by atoms with van der Waals surface area (Å²) in [5, 5.41) is 4.01. The lowest BCUT2D eigenvalue weighted by atomic mass is 10.1. The zero-order chi connectivity index (χ0) is 14.3. The van der Waals surface area contributed by atoms with Crippen molar-refractivity contribution in [2.24, 2.45) is 0 Å². The van der Waals surface area contributed by atoms with E-state index < -0.39 is 0 Å². The number of rotatable bonds is 3. The Balaban J connectivity index is 2.09. The van der Waals surface area contributed by atoms with Crippen molar-refractivity contribution in [1.82, 2.24) is 5.32 Å². The van der Waals surface area contributed by atoms with Crippen molar-refractivity contribution in [1.29, 1.82) is 0 Å². The predicted octanol–water partition coefficient (Wildman–Crippen LogP) is 5.01. The third kappa shape index (κ3) is 2.30. The van der Waals surface area contributed by atoms with Gasteiger partial charge in [0.2, 0.25) is 0 Å². The number of fused-ring (bicyclic) bond motifs is 1. The summed E-state index contributed by atoms with van der Waals surface area (Å²) in [6, 6.07) is 8.89. The lowest BCUT2D eigenvalue weighted by Gasteiger charge is -2.10. The van der Waals surface area contributed by atoms with Crippen LogP contribution >= 0.6 is 27.3 Å². The van der Waals surface area contributed by atoms with Gasteiger partial charge in [-0.15, -0.1) is 11.3 Å². The summed E-state index contributed by atoms with van der Waals surface area (Å²) in [6.45, 7) is 2.05. The van der Waals surface area contributed by atoms with Crippen molar-refractivity contribution in [3.05, 3.63) is 56.1 Å². The number of hydrogen-bond acceptors (Lipinski definition) is 3. The van der Waals surface area contributed by atoms with E-state index in [9.17, 15) is 4.39 Å². The van der Waals surface area contributed by atoms with E-state index in [0.717, 1.165) is 19.8 Å². The van der Waals surface area contributed by atoms with Crippen LogP contribution in [0, 0.1) is 12.7 Å². The van der Waals surface area contributed by atoms with Crippen LogP contribution < -0.4 is 5.32 Å². The largest absolute Gasteiger partial charge is 0.456 e. The molecule has 104 valence electrons. The summed E-state index contributed by atoms with van der Waals surface area (Å²) in [5.74, 6) is 0.397. The number of aryl methyl sites for hydroxylation is 1. The van der Waals surface area contributed by atoms with Crippen LogP contribution in [-0.4, -0.2) is 7.05 Å². The molecule has 1 atom stereocenters. The first-order chi connectivity index (χ1) is 9.60. The molecule has 0 radical (unpaired) electrons. The Hall–Kier alpha value is -1.17. The number of nitrogens with one attached hydrogen (secondary N) is 1. The zero-order valence-corrected chi connectivity index (χ0v) is 13.4. The molecule has 1 unspecified atom stereocenters. The summed E-state index contributed by atoms with van der Waals surface area (Å²) >= 11 is 5.19. The summed E-state index contributed by atoms with van der Waals surface area (Å²) in [5.41, 5.74) is 1.50. The van der Waals surface area contributed by atoms with Crippen molar-refractivity contribution >= 4 is 38.2 Å². The summed E-state index contributed by atoms with van der Waals surface area (Å²) < 4.78 is 20.5. The first-order valence-corrected chi connectivity index (χ1v) is 7.82. The first kappa shape index (κ1) is 13.8. The lowest BCUT2D eigenvalue weighted by molar-refractivity contribution is 0.479. The minimum Gasteiger partial charge on any atom is -0.456 e. The maximum atomic E-state index is 13.7. The molecule has 2 heterocycles. The molecule has 3 aromatic rings. The predicted molar refractivity (Wildman–Crippen MR) is 83.8 cm³/mol. The van der Waals surface area contributed by atoms with E-state index in [2.05, 4.69) is 34.2 Å². The topological polar surface area (TPSA) is 25.2 Å². The van der Waals surface area contributed by atoms with Crippen molar-refractivity contribution in [3.63, 3.8) is 0 Å². The lowest BCUT2D eigenvalue weighted by Crippen LogP contribution is -2.15. The van der Waals surface area contributed by atoms with Gasteiger partial charge in [-0.2, -0.15) is 0 Å². The van der Waals surface area contributed by atoms with Crippen LogP contribution in [0.15, 0.2) is 38.5 Å². The van der Waals surface area contributed by atoms with Crippen molar-refractivity contribution in [3.8, 4) is 0 Å². The number of benzene rings is 1. The Morgan fingerprint density at radius 1 is 1.35 bits per heavy atom. The highest BCUT2D eigenvalue weighted by atomic mass is 79.9. The van der Waals surface area contributed by atoms with E-state index in [0.29, 0.717) is 5.58 Å². The Labute approximate surface area is 128 Å². The average molecular weight is 354 g/mol. The molecule has 1 N–H and O–H groups in total. The van der Waals surface area contributed by atoms with Crippen molar-refractivity contribution in [2.45, 2.75) is 13.0 Å². The minimum atomic E-state index is -0.327. The van der Waals surface area contributed by atoms with Gasteiger partial charge in [-0.05, 0) is 53.7 Å². The van der Waals surface area contributed by atoms with Crippen LogP contribution in [0.25, 0.3) is 11.0 Å². The molecule has 2 aromatic heterocycles. The van der Waals surface area contributed by atoms with Crippen LogP contribution in [0.1, 0.15) is 22.2 Å². The van der Waals surface area contributed by atoms with Crippen LogP contribution in [0.2, 0.25) is 0 Å². The van der Waals surface area contributed by atoms with Gasteiger partial charge in [0.1, 0.15) is 11.8 Å². The second-order valence-corrected chi connectivity index (χ2v) is 7.04. The average Bonchev–Trinajstić information content (AvgIpc) is 2.97. The maximum absolute atomic E-state index is 13.7. The molecule has 2 nitrogen and oxygen atoms in total. The summed E-state index contributed by atoms with van der Waals surface area (Å²) in [4.78, 5) is 1.14. The summed E-state index contributed by atoms with van der Waals surface area (Å²) in [6.07, 6.45) is 0. The Bertz CT molecular complexity index is 745. The van der Waals surface area contributed by atoms with Gasteiger partial charge in [0.15, 0.2) is 11.4 Å². The highest BCUT2D eigenvalue weighted by Crippen LogP contribution is 2.36. The minimum absolute atomic E-state index is 0.0724. The van der Waals surface area contributed by atoms with Gasteiger partial charge in [0.25, 0.3) is 0 Å². The van der Waals surface area contributed by atoms with Crippen LogP contribution in [0.5, 0.6) is 0 Å². The van der Waals surface area contributed by atoms with E-state index >= 15 is 0 Å². The fourth-order valence-corrected chi connectivity index (χ4v) is 3.93. The van der Waals surface area contributed by atoms with Gasteiger partial charge >= 0.3 is 0 Å². The molecular formula is C15H13BrFNOS. The number of hydrogen-bond donors (Lipinski definition) is 1. The van der Waals surface area contributed by atoms with Gasteiger partial charge in [-0.25, -0.2) is 4.39 Å². The Morgan fingerprint density at radius 2 is 2.15 bits per heavy atom. The van der Waals surface area contributed by atoms with Gasteiger partial charge in [0, 0.05) is 10.3 Å². The Morgan fingerprint density at radius 3 is 2.75 bits per heavy atom. The molecule has 0 saturated heterocycles. The van der Waals surface area contributed by atoms with E-state index in [4.69, 9.17) is 4.42 Å². The number of halogens is 2. The fourth-order valence-electron chi connectivity index (χ4n) is 2.24. The number of furan rings is 1. The smallest absolute Gasteiger partial charge is 0.169 e. The molecule has 0 fully saturated rings. The molecule has 3 rings (SSSR count). The molecule has 1 aromatic carbocycles. The van der Waals surface area contributed by atoms with Crippen LogP contribution in [0.4, 0.5) is 4.39 Å². The SMILES string of the molecule is CNC(c1cc2cccc(F)c2o1)c1cc(C)c(Br)s1. The molecule has 0 aliphatic rings. The second kappa shape index (κ2) is 5.31. The monoisotopic (exact) mass is 353 g/mol. The van der Waals surface area contributed by atoms with Crippen LogP contribution in [0.3, 0.4) is 0 Å². The highest BCUT2D eigenvalue weighted by molar-refractivity contribution is 9.11. The fraction of sp³-hybridized carbons (Fsp3) is 0.200. The molecule has 0 bridgehead atoms. The van der Waals surface area contributed by atoms with E-state index in [1.807, 2.05) is 19.2 Å². The van der Waals surface area contributed by atoms with Crippen LogP contribution in [-0.2, 0) is 0 Å². The standard InChI is InChI=1S/C15H13BrFNOS/c1-8-6-12(20-15(8)16)13(18-2)11-7-9-4-3-5-10(17)14(9)19-11/h3-7,13,18H,1-2H3. The van der Waals surface area contributed by atoms with Gasteiger partial charge in [-0.1, -0.05) is 12.1 Å². The number of para-hydroxylation sites is 1. The maximum Gasteiger partial charge on any atom is 0.169 e. The first-order valence-electron chi connectivity index (χ1n) is 6.21. The molecule has 0 aliphatic heterocycles. The molecular weight excluding hydrogens is 341 g/mol. The molecule has 0 amide bonds. The molecule has 5 heteroatoms. The molecule has 20 heavy (non-hydrogen) atoms. The van der Waals surface area contributed by atoms with E-state index in [1.54, 1.807) is 17.4 Å². The molecule has 0 aliphatic carbocycles. The molecule has 0 saturated carbocycles. The van der Waals surface area contributed by atoms with Crippen molar-refractivity contribution < 1.29 is 8.81 Å². The van der Waals surface area contributed by atoms with Gasteiger partial charge < -0.3 is 9.73 Å². The third-order valence-electron chi connectivity index (χ3n) is 3.25. The van der Waals surface area contributed by atoms with Gasteiger partial charge in [0.05, 0.1) is 3.79 Å². The number of thiophene rings is 1. The quantitative estimate of drug-likeness (QED) is 0.715. The van der Waals surface area contributed by atoms with E-state index in [1.165, 1.54) is 11.6 Å². The second-order valence-electron chi connectivity index (χ2n) is 4.63. The third-order valence-corrected chi connectivity index (χ3v) is 5.45. The van der Waals surface area contributed by atoms with Crippen molar-refractivity contribution in [2.75, 3.05) is 7.05 Å².